The molecule has 3 aromatic rings. The van der Waals surface area contributed by atoms with Gasteiger partial charge in [0.2, 0.25) is 24.0 Å². The Balaban J connectivity index is 1.15. The molecule has 57 heavy (non-hydrogen) atoms. The van der Waals surface area contributed by atoms with Crippen LogP contribution in [-0.2, 0) is 57.9 Å². The zero-order chi connectivity index (χ0) is 41.3. The molecule has 5 unspecified atom stereocenters. The molecule has 9 N–H and O–H groups in total. The third kappa shape index (κ3) is 13.8. The SMILES string of the molecule is CNCc1cc2ccccc2n1CCC(=O)NC(CCC(=O)O)C(=O)NCCOCCOCCC(=O)Nc1cc(CO)ccc1OC1OC(C(=O)O)CC(O)C1O. The second-order valence-electron chi connectivity index (χ2n) is 13.2. The number of amides is 3. The lowest BCUT2D eigenvalue weighted by molar-refractivity contribution is -0.238. The molecule has 0 radical (unpaired) electrons. The summed E-state index contributed by atoms with van der Waals surface area (Å²) in [7, 11) is 1.83. The number of carbonyl (C=O) groups is 5. The van der Waals surface area contributed by atoms with Crippen LogP contribution >= 0.6 is 0 Å². The molecular formula is C38H51N5O14. The average Bonchev–Trinajstić information content (AvgIpc) is 3.53. The molecule has 0 saturated carbocycles. The van der Waals surface area contributed by atoms with E-state index in [9.17, 15) is 49.5 Å². The summed E-state index contributed by atoms with van der Waals surface area (Å²) in [5.74, 6) is -3.87. The maximum absolute atomic E-state index is 12.9. The summed E-state index contributed by atoms with van der Waals surface area (Å²) >= 11 is 0. The van der Waals surface area contributed by atoms with Crippen molar-refractivity contribution in [3.63, 3.8) is 0 Å². The molecule has 2 heterocycles. The molecule has 0 bridgehead atoms. The maximum atomic E-state index is 12.9. The lowest BCUT2D eigenvalue weighted by atomic mass is 10.0. The summed E-state index contributed by atoms with van der Waals surface area (Å²) in [4.78, 5) is 61.2. The number of aliphatic carboxylic acids is 2. The zero-order valence-corrected chi connectivity index (χ0v) is 31.6. The van der Waals surface area contributed by atoms with Crippen LogP contribution in [0.1, 0.15) is 43.4 Å². The number of para-hydroxylation sites is 1. The van der Waals surface area contributed by atoms with Gasteiger partial charge in [-0.05, 0) is 48.7 Å². The molecule has 1 fully saturated rings. The standard InChI is InChI=1S/C38H51N5O14/c1-39-21-25-19-24-4-2-3-5-28(24)43(25)13-10-32(46)41-26(7-9-34(48)49)36(51)40-12-15-55-17-16-54-14-11-33(47)42-27-18-23(22-44)6-8-30(27)56-38-35(50)29(45)20-31(57-38)37(52)53/h2-6,8,18-19,26,29,31,35,38-39,44-45,50H,7,9-17,20-22H2,1H3,(H,40,51)(H,41,46)(H,42,47)(H,48,49)(H,52,53). The lowest BCUT2D eigenvalue weighted by Gasteiger charge is -2.35. The number of anilines is 1. The van der Waals surface area contributed by atoms with Crippen LogP contribution in [0.15, 0.2) is 48.5 Å². The summed E-state index contributed by atoms with van der Waals surface area (Å²) in [6.07, 6.45) is -6.72. The summed E-state index contributed by atoms with van der Waals surface area (Å²) in [6, 6.07) is 13.1. The highest BCUT2D eigenvalue weighted by Crippen LogP contribution is 2.31. The van der Waals surface area contributed by atoms with E-state index in [1.54, 1.807) is 0 Å². The number of nitrogens with zero attached hydrogens (tertiary/aromatic N) is 1. The number of aliphatic hydroxyl groups excluding tert-OH is 3. The number of benzene rings is 2. The van der Waals surface area contributed by atoms with Crippen LogP contribution in [0.5, 0.6) is 5.75 Å². The molecule has 312 valence electrons. The molecule has 1 aliphatic heterocycles. The second kappa shape index (κ2) is 22.6. The number of aromatic nitrogens is 1. The highest BCUT2D eigenvalue weighted by molar-refractivity contribution is 5.92. The Bertz CT molecular complexity index is 1820. The van der Waals surface area contributed by atoms with Crippen molar-refractivity contribution >= 4 is 46.3 Å². The number of carboxylic acids is 2. The molecule has 2 aromatic carbocycles. The van der Waals surface area contributed by atoms with Crippen molar-refractivity contribution in [2.75, 3.05) is 45.3 Å². The molecule has 3 amide bonds. The highest BCUT2D eigenvalue weighted by atomic mass is 16.7. The first-order chi connectivity index (χ1) is 27.4. The number of ether oxygens (including phenoxy) is 4. The van der Waals surface area contributed by atoms with E-state index in [-0.39, 0.29) is 83.1 Å². The minimum Gasteiger partial charge on any atom is -0.481 e. The average molecular weight is 802 g/mol. The van der Waals surface area contributed by atoms with Gasteiger partial charge in [0.15, 0.2) is 6.10 Å². The third-order valence-electron chi connectivity index (χ3n) is 8.95. The fraction of sp³-hybridized carbons (Fsp3) is 0.500. The number of hydrogen-bond acceptors (Lipinski definition) is 13. The Hall–Kier alpha value is -5.15. The van der Waals surface area contributed by atoms with Gasteiger partial charge in [0, 0.05) is 50.1 Å². The molecule has 19 nitrogen and oxygen atoms in total. The van der Waals surface area contributed by atoms with Crippen molar-refractivity contribution < 1.29 is 68.5 Å². The van der Waals surface area contributed by atoms with Gasteiger partial charge in [-0.1, -0.05) is 24.3 Å². The minimum atomic E-state index is -1.56. The lowest BCUT2D eigenvalue weighted by Crippen LogP contribution is -2.52. The predicted molar refractivity (Wildman–Crippen MR) is 202 cm³/mol. The molecule has 19 heteroatoms. The Morgan fingerprint density at radius 2 is 1.68 bits per heavy atom. The summed E-state index contributed by atoms with van der Waals surface area (Å²) < 4.78 is 23.9. The van der Waals surface area contributed by atoms with E-state index >= 15 is 0 Å². The van der Waals surface area contributed by atoms with Crippen LogP contribution in [-0.4, -0.2) is 130 Å². The monoisotopic (exact) mass is 801 g/mol. The fourth-order valence-electron chi connectivity index (χ4n) is 6.04. The van der Waals surface area contributed by atoms with Crippen molar-refractivity contribution in [3.05, 3.63) is 59.8 Å². The van der Waals surface area contributed by atoms with E-state index in [4.69, 9.17) is 18.9 Å². The molecule has 1 aromatic heterocycles. The summed E-state index contributed by atoms with van der Waals surface area (Å²) in [6.45, 7) is 1.03. The van der Waals surface area contributed by atoms with Crippen LogP contribution in [0.2, 0.25) is 0 Å². The number of carboxylic acid groups (broad SMARTS) is 2. The van der Waals surface area contributed by atoms with Crippen LogP contribution in [0, 0.1) is 0 Å². The van der Waals surface area contributed by atoms with Gasteiger partial charge in [0.05, 0.1) is 51.2 Å². The van der Waals surface area contributed by atoms with Crippen molar-refractivity contribution in [2.45, 2.75) is 82.4 Å². The topological polar surface area (TPSA) is 276 Å². The second-order valence-corrected chi connectivity index (χ2v) is 13.2. The first kappa shape index (κ1) is 44.6. The largest absolute Gasteiger partial charge is 0.481 e. The number of fused-ring (bicyclic) bond motifs is 1. The number of nitrogens with one attached hydrogen (secondary N) is 4. The van der Waals surface area contributed by atoms with Crippen LogP contribution in [0.25, 0.3) is 10.9 Å². The minimum absolute atomic E-state index is 0.000339. The number of carbonyl (C=O) groups excluding carboxylic acids is 3. The van der Waals surface area contributed by atoms with E-state index < -0.39 is 60.3 Å². The van der Waals surface area contributed by atoms with Crippen LogP contribution < -0.4 is 26.0 Å². The molecule has 0 aliphatic carbocycles. The Kier molecular flexibility index (Phi) is 17.6. The van der Waals surface area contributed by atoms with E-state index in [0.717, 1.165) is 16.6 Å². The number of aliphatic hydroxyl groups is 3. The molecule has 0 spiro atoms. The molecular weight excluding hydrogens is 750 g/mol. The molecule has 4 rings (SSSR count). The Morgan fingerprint density at radius 1 is 0.930 bits per heavy atom. The summed E-state index contributed by atoms with van der Waals surface area (Å²) in [5, 5.41) is 60.5. The maximum Gasteiger partial charge on any atom is 0.333 e. The zero-order valence-electron chi connectivity index (χ0n) is 31.6. The van der Waals surface area contributed by atoms with E-state index in [2.05, 4.69) is 21.3 Å². The summed E-state index contributed by atoms with van der Waals surface area (Å²) in [5.41, 5.74) is 2.51. The predicted octanol–water partition coefficient (Wildman–Crippen LogP) is 0.0711. The number of rotatable bonds is 24. The Morgan fingerprint density at radius 3 is 2.40 bits per heavy atom. The van der Waals surface area contributed by atoms with Gasteiger partial charge in [0.1, 0.15) is 17.9 Å². The van der Waals surface area contributed by atoms with Gasteiger partial charge in [0.25, 0.3) is 0 Å². The van der Waals surface area contributed by atoms with Crippen molar-refractivity contribution in [1.29, 1.82) is 0 Å². The van der Waals surface area contributed by atoms with Crippen molar-refractivity contribution in [2.24, 2.45) is 0 Å². The van der Waals surface area contributed by atoms with Gasteiger partial charge in [-0.3, -0.25) is 19.2 Å². The third-order valence-corrected chi connectivity index (χ3v) is 8.95. The van der Waals surface area contributed by atoms with Gasteiger partial charge >= 0.3 is 11.9 Å². The van der Waals surface area contributed by atoms with Crippen LogP contribution in [0.4, 0.5) is 5.69 Å². The smallest absolute Gasteiger partial charge is 0.333 e. The first-order valence-corrected chi connectivity index (χ1v) is 18.5. The molecule has 5 atom stereocenters. The van der Waals surface area contributed by atoms with Gasteiger partial charge < -0.3 is 70.3 Å². The van der Waals surface area contributed by atoms with Gasteiger partial charge in [-0.15, -0.1) is 0 Å². The number of hydrogen-bond donors (Lipinski definition) is 9. The van der Waals surface area contributed by atoms with Crippen LogP contribution in [0.3, 0.4) is 0 Å². The van der Waals surface area contributed by atoms with Crippen molar-refractivity contribution in [3.8, 4) is 5.75 Å². The molecule has 1 saturated heterocycles. The quantitative estimate of drug-likeness (QED) is 0.0543. The van der Waals surface area contributed by atoms with Gasteiger partial charge in [-0.25, -0.2) is 4.79 Å². The highest BCUT2D eigenvalue weighted by Gasteiger charge is 2.41. The first-order valence-electron chi connectivity index (χ1n) is 18.5. The molecule has 1 aliphatic rings. The fourth-order valence-corrected chi connectivity index (χ4v) is 6.04. The van der Waals surface area contributed by atoms with E-state index in [1.807, 2.05) is 41.9 Å². The Labute approximate surface area is 328 Å². The van der Waals surface area contributed by atoms with Gasteiger partial charge in [-0.2, -0.15) is 0 Å². The normalized spacial score (nSPS) is 18.5. The van der Waals surface area contributed by atoms with E-state index in [1.165, 1.54) is 18.2 Å². The number of aryl methyl sites for hydroxylation is 1. The van der Waals surface area contributed by atoms with Crippen molar-refractivity contribution in [1.82, 2.24) is 20.5 Å². The van der Waals surface area contributed by atoms with E-state index in [0.29, 0.717) is 18.7 Å².